The van der Waals surface area contributed by atoms with E-state index in [-0.39, 0.29) is 29.6 Å². The van der Waals surface area contributed by atoms with E-state index in [0.29, 0.717) is 33.5 Å². The van der Waals surface area contributed by atoms with Gasteiger partial charge < -0.3 is 18.6 Å². The normalized spacial score (nSPS) is 14.2. The number of ether oxygens (including phenoxy) is 3. The van der Waals surface area contributed by atoms with Crippen molar-refractivity contribution in [2.45, 2.75) is 19.6 Å². The maximum atomic E-state index is 13.1. The van der Waals surface area contributed by atoms with Gasteiger partial charge in [-0.15, -0.1) is 6.58 Å². The number of carbonyl (C=O) groups excluding carboxylic acids is 3. The van der Waals surface area contributed by atoms with E-state index < -0.39 is 17.1 Å². The predicted octanol–water partition coefficient (Wildman–Crippen LogP) is 6.93. The first-order valence-electron chi connectivity index (χ1n) is 11.5. The Morgan fingerprint density at radius 2 is 1.90 bits per heavy atom. The molecule has 202 valence electrons. The number of methoxy groups -OCH3 is 2. The molecule has 2 heterocycles. The predicted molar refractivity (Wildman–Crippen MR) is 149 cm³/mol. The summed E-state index contributed by atoms with van der Waals surface area (Å²) in [6, 6.07) is 11.7. The second-order valence-corrected chi connectivity index (χ2v) is 10.1. The topological polar surface area (TPSA) is 95.3 Å². The smallest absolute Gasteiger partial charge is 0.373 e. The van der Waals surface area contributed by atoms with Crippen LogP contribution in [0.3, 0.4) is 0 Å². The minimum Gasteiger partial charge on any atom is -0.493 e. The van der Waals surface area contributed by atoms with Gasteiger partial charge in [0, 0.05) is 21.2 Å². The van der Waals surface area contributed by atoms with Gasteiger partial charge in [-0.05, 0) is 66.2 Å². The number of furan rings is 1. The van der Waals surface area contributed by atoms with Crippen LogP contribution >= 0.6 is 35.0 Å². The number of hydrogen-bond donors (Lipinski definition) is 0. The van der Waals surface area contributed by atoms with Crippen LogP contribution in [0.4, 0.5) is 4.79 Å². The Kier molecular flexibility index (Phi) is 9.06. The zero-order valence-electron chi connectivity index (χ0n) is 21.0. The molecule has 2 amide bonds. The highest BCUT2D eigenvalue weighted by atomic mass is 35.5. The number of thioether (sulfide) groups is 1. The summed E-state index contributed by atoms with van der Waals surface area (Å²) in [6.07, 6.45) is 3.80. The Morgan fingerprint density at radius 3 is 2.59 bits per heavy atom. The fourth-order valence-corrected chi connectivity index (χ4v) is 5.10. The van der Waals surface area contributed by atoms with Crippen LogP contribution in [0.1, 0.15) is 33.0 Å². The summed E-state index contributed by atoms with van der Waals surface area (Å²) in [6.45, 7) is 3.88. The number of benzene rings is 2. The van der Waals surface area contributed by atoms with E-state index in [0.717, 1.165) is 27.8 Å². The maximum Gasteiger partial charge on any atom is 0.373 e. The van der Waals surface area contributed by atoms with E-state index in [4.69, 9.17) is 37.1 Å². The molecule has 0 saturated carbocycles. The van der Waals surface area contributed by atoms with Crippen LogP contribution in [0.25, 0.3) is 6.08 Å². The molecule has 1 fully saturated rings. The third-order valence-corrected chi connectivity index (χ3v) is 7.15. The quantitative estimate of drug-likeness (QED) is 0.143. The molecule has 0 bridgehead atoms. The summed E-state index contributed by atoms with van der Waals surface area (Å²) in [5.41, 5.74) is 2.16. The molecule has 0 N–H and O–H groups in total. The van der Waals surface area contributed by atoms with Crippen LogP contribution in [0, 0.1) is 0 Å². The van der Waals surface area contributed by atoms with Crippen molar-refractivity contribution in [3.05, 3.63) is 98.3 Å². The van der Waals surface area contributed by atoms with Crippen molar-refractivity contribution in [2.75, 3.05) is 14.2 Å². The number of esters is 1. The molecular formula is C28H23Cl2NO7S. The Morgan fingerprint density at radius 1 is 1.10 bits per heavy atom. The number of halogens is 2. The summed E-state index contributed by atoms with van der Waals surface area (Å²) < 4.78 is 21.7. The summed E-state index contributed by atoms with van der Waals surface area (Å²) in [5.74, 6) is 0.0728. The lowest BCUT2D eigenvalue weighted by molar-refractivity contribution is -0.123. The van der Waals surface area contributed by atoms with Gasteiger partial charge in [0.2, 0.25) is 5.76 Å². The van der Waals surface area contributed by atoms with Gasteiger partial charge in [0.1, 0.15) is 12.4 Å². The van der Waals surface area contributed by atoms with Gasteiger partial charge in [-0.2, -0.15) is 0 Å². The van der Waals surface area contributed by atoms with Crippen molar-refractivity contribution in [1.29, 1.82) is 0 Å². The van der Waals surface area contributed by atoms with Gasteiger partial charge in [0.05, 0.1) is 25.7 Å². The summed E-state index contributed by atoms with van der Waals surface area (Å²) >= 11 is 13.1. The summed E-state index contributed by atoms with van der Waals surface area (Å²) in [5, 5.41) is 0.549. The molecule has 0 radical (unpaired) electrons. The molecule has 3 aromatic rings. The Balaban J connectivity index is 1.57. The fourth-order valence-electron chi connectivity index (χ4n) is 3.79. The number of rotatable bonds is 10. The lowest BCUT2D eigenvalue weighted by Gasteiger charge is -2.16. The Bertz CT molecular complexity index is 1480. The van der Waals surface area contributed by atoms with Gasteiger partial charge in [-0.3, -0.25) is 14.5 Å². The van der Waals surface area contributed by atoms with Crippen molar-refractivity contribution in [3.8, 4) is 11.5 Å². The van der Waals surface area contributed by atoms with Crippen molar-refractivity contribution in [3.63, 3.8) is 0 Å². The van der Waals surface area contributed by atoms with Crippen molar-refractivity contribution in [1.82, 2.24) is 4.90 Å². The number of allylic oxidation sites excluding steroid dienone is 1. The van der Waals surface area contributed by atoms with E-state index in [1.165, 1.54) is 26.4 Å². The first kappa shape index (κ1) is 28.4. The monoisotopic (exact) mass is 587 g/mol. The van der Waals surface area contributed by atoms with Crippen molar-refractivity contribution >= 4 is 58.2 Å². The first-order valence-corrected chi connectivity index (χ1v) is 13.1. The van der Waals surface area contributed by atoms with Crippen LogP contribution in [0.5, 0.6) is 11.5 Å². The lowest BCUT2D eigenvalue weighted by atomic mass is 10.0. The minimum absolute atomic E-state index is 0.0162. The molecule has 0 atom stereocenters. The highest BCUT2D eigenvalue weighted by molar-refractivity contribution is 8.18. The largest absolute Gasteiger partial charge is 0.493 e. The number of amides is 2. The Labute approximate surface area is 239 Å². The molecule has 1 aromatic heterocycles. The van der Waals surface area contributed by atoms with Crippen molar-refractivity contribution in [2.24, 2.45) is 0 Å². The number of nitrogens with zero attached hydrogens (tertiary/aromatic N) is 1. The SMILES string of the molecule is C=CCc1cc(/C=C2/SC(=O)N(Cc3ccc(C(=O)OC)o3)C2=O)cc(OC)c1OCc1ccc(Cl)cc1Cl. The van der Waals surface area contributed by atoms with Crippen molar-refractivity contribution < 1.29 is 33.0 Å². The molecule has 0 aliphatic carbocycles. The minimum atomic E-state index is -0.650. The van der Waals surface area contributed by atoms with Gasteiger partial charge in [-0.25, -0.2) is 4.79 Å². The van der Waals surface area contributed by atoms with Gasteiger partial charge in [-0.1, -0.05) is 35.3 Å². The standard InChI is InChI=1S/C28H23Cl2NO7S/c1-4-5-17-10-16(11-23(35-2)25(17)37-15-18-6-7-19(29)13-21(18)30)12-24-26(32)31(28(34)39-24)14-20-8-9-22(38-20)27(33)36-3/h4,6-13H,1,5,14-15H2,2-3H3/b24-12+. The summed E-state index contributed by atoms with van der Waals surface area (Å²) in [7, 11) is 2.74. The van der Waals surface area contributed by atoms with E-state index >= 15 is 0 Å². The van der Waals surface area contributed by atoms with E-state index in [1.54, 1.807) is 36.4 Å². The van der Waals surface area contributed by atoms with Crippen LogP contribution in [0.2, 0.25) is 10.0 Å². The molecule has 39 heavy (non-hydrogen) atoms. The average Bonchev–Trinajstić information content (AvgIpc) is 3.48. The molecule has 1 aliphatic heterocycles. The third kappa shape index (κ3) is 6.50. The third-order valence-electron chi connectivity index (χ3n) is 5.66. The molecule has 1 aliphatic rings. The Hall–Kier alpha value is -3.66. The molecule has 4 rings (SSSR count). The van der Waals surface area contributed by atoms with E-state index in [9.17, 15) is 14.4 Å². The number of hydrogen-bond acceptors (Lipinski definition) is 8. The van der Waals surface area contributed by atoms with Crippen LogP contribution < -0.4 is 9.47 Å². The van der Waals surface area contributed by atoms with Gasteiger partial charge in [0.25, 0.3) is 11.1 Å². The maximum absolute atomic E-state index is 13.1. The van der Waals surface area contributed by atoms with E-state index in [2.05, 4.69) is 11.3 Å². The van der Waals surface area contributed by atoms with Gasteiger partial charge in [0.15, 0.2) is 11.5 Å². The second-order valence-electron chi connectivity index (χ2n) is 8.25. The zero-order chi connectivity index (χ0) is 28.1. The molecule has 0 spiro atoms. The fraction of sp³-hybridized carbons (Fsp3) is 0.179. The highest BCUT2D eigenvalue weighted by Crippen LogP contribution is 2.38. The molecule has 1 saturated heterocycles. The highest BCUT2D eigenvalue weighted by Gasteiger charge is 2.36. The summed E-state index contributed by atoms with van der Waals surface area (Å²) in [4.78, 5) is 38.6. The molecule has 8 nitrogen and oxygen atoms in total. The van der Waals surface area contributed by atoms with Crippen LogP contribution in [-0.2, 0) is 29.1 Å². The van der Waals surface area contributed by atoms with E-state index in [1.807, 2.05) is 6.07 Å². The average molecular weight is 588 g/mol. The van der Waals surface area contributed by atoms with Crippen LogP contribution in [0.15, 0.2) is 64.4 Å². The van der Waals surface area contributed by atoms with Crippen LogP contribution in [-0.4, -0.2) is 36.2 Å². The second kappa shape index (κ2) is 12.5. The molecule has 2 aromatic carbocycles. The van der Waals surface area contributed by atoms with Gasteiger partial charge >= 0.3 is 5.97 Å². The number of imide groups is 1. The molecule has 0 unspecified atom stereocenters. The zero-order valence-corrected chi connectivity index (χ0v) is 23.3. The first-order chi connectivity index (χ1) is 18.7. The molecular weight excluding hydrogens is 565 g/mol. The lowest BCUT2D eigenvalue weighted by Crippen LogP contribution is -2.27. The molecule has 11 heteroatoms. The number of carbonyl (C=O) groups is 3.